The molecule has 0 bridgehead atoms. The van der Waals surface area contributed by atoms with Crippen molar-refractivity contribution in [2.45, 2.75) is 18.4 Å². The Morgan fingerprint density at radius 1 is 1.00 bits per heavy atom. The van der Waals surface area contributed by atoms with Gasteiger partial charge in [0.2, 0.25) is 15.9 Å². The van der Waals surface area contributed by atoms with E-state index in [1.54, 1.807) is 36.4 Å². The molecule has 1 amide bonds. The fourth-order valence-electron chi connectivity index (χ4n) is 3.16. The van der Waals surface area contributed by atoms with Gasteiger partial charge in [-0.3, -0.25) is 4.79 Å². The number of rotatable bonds is 9. The molecule has 0 radical (unpaired) electrons. The van der Waals surface area contributed by atoms with E-state index in [-0.39, 0.29) is 17.0 Å². The summed E-state index contributed by atoms with van der Waals surface area (Å²) < 4.78 is 52.4. The average molecular weight is 473 g/mol. The standard InChI is InChI=1S/C24H25FN2O5S/c1-17-8-11-20(12-9-17)33(29,30)27(15-18-6-4-5-7-21(18)25)16-24(28)26-22-14-19(31-2)10-13-23(22)32-3/h4-14H,15-16H2,1-3H3,(H,26,28). The topological polar surface area (TPSA) is 84.9 Å². The van der Waals surface area contributed by atoms with Crippen molar-refractivity contribution in [3.05, 3.63) is 83.7 Å². The second-order valence-corrected chi connectivity index (χ2v) is 9.23. The van der Waals surface area contributed by atoms with Gasteiger partial charge in [-0.15, -0.1) is 0 Å². The van der Waals surface area contributed by atoms with Crippen molar-refractivity contribution >= 4 is 21.6 Å². The van der Waals surface area contributed by atoms with Crippen molar-refractivity contribution in [2.24, 2.45) is 0 Å². The number of carbonyl (C=O) groups is 1. The van der Waals surface area contributed by atoms with Gasteiger partial charge in [0.05, 0.1) is 31.3 Å². The quantitative estimate of drug-likeness (QED) is 0.509. The number of sulfonamides is 1. The van der Waals surface area contributed by atoms with E-state index in [2.05, 4.69) is 5.32 Å². The Morgan fingerprint density at radius 2 is 1.70 bits per heavy atom. The summed E-state index contributed by atoms with van der Waals surface area (Å²) in [5, 5.41) is 2.66. The molecule has 174 valence electrons. The summed E-state index contributed by atoms with van der Waals surface area (Å²) in [6.45, 7) is 0.985. The molecule has 0 aliphatic carbocycles. The van der Waals surface area contributed by atoms with Crippen molar-refractivity contribution in [2.75, 3.05) is 26.1 Å². The van der Waals surface area contributed by atoms with Crippen LogP contribution in [-0.2, 0) is 21.4 Å². The molecule has 0 saturated carbocycles. The first-order valence-electron chi connectivity index (χ1n) is 10.1. The Hall–Kier alpha value is -3.43. The summed E-state index contributed by atoms with van der Waals surface area (Å²) >= 11 is 0. The Balaban J connectivity index is 1.92. The maximum Gasteiger partial charge on any atom is 0.243 e. The van der Waals surface area contributed by atoms with Crippen LogP contribution in [0.4, 0.5) is 10.1 Å². The van der Waals surface area contributed by atoms with Crippen LogP contribution in [-0.4, -0.2) is 39.4 Å². The summed E-state index contributed by atoms with van der Waals surface area (Å²) in [4.78, 5) is 12.9. The van der Waals surface area contributed by atoms with Gasteiger partial charge in [0, 0.05) is 18.2 Å². The summed E-state index contributed by atoms with van der Waals surface area (Å²) in [7, 11) is -1.17. The van der Waals surface area contributed by atoms with Crippen molar-refractivity contribution in [1.29, 1.82) is 0 Å². The molecular weight excluding hydrogens is 447 g/mol. The molecule has 3 rings (SSSR count). The molecule has 7 nitrogen and oxygen atoms in total. The van der Waals surface area contributed by atoms with Crippen LogP contribution < -0.4 is 14.8 Å². The molecule has 0 unspecified atom stereocenters. The Morgan fingerprint density at radius 3 is 2.33 bits per heavy atom. The predicted molar refractivity (Wildman–Crippen MR) is 123 cm³/mol. The Labute approximate surface area is 192 Å². The third-order valence-electron chi connectivity index (χ3n) is 4.96. The van der Waals surface area contributed by atoms with Gasteiger partial charge >= 0.3 is 0 Å². The lowest BCUT2D eigenvalue weighted by Gasteiger charge is -2.22. The minimum Gasteiger partial charge on any atom is -0.497 e. The van der Waals surface area contributed by atoms with Crippen LogP contribution in [0.25, 0.3) is 0 Å². The van der Waals surface area contributed by atoms with Crippen LogP contribution in [0.3, 0.4) is 0 Å². The Kier molecular flexibility index (Phi) is 7.67. The zero-order chi connectivity index (χ0) is 24.0. The number of hydrogen-bond acceptors (Lipinski definition) is 5. The number of methoxy groups -OCH3 is 2. The number of nitrogens with one attached hydrogen (secondary N) is 1. The number of nitrogens with zero attached hydrogens (tertiary/aromatic N) is 1. The SMILES string of the molecule is COc1ccc(OC)c(NC(=O)CN(Cc2ccccc2F)S(=O)(=O)c2ccc(C)cc2)c1. The van der Waals surface area contributed by atoms with Crippen LogP contribution in [0.15, 0.2) is 71.6 Å². The zero-order valence-electron chi connectivity index (χ0n) is 18.5. The van der Waals surface area contributed by atoms with Gasteiger partial charge in [-0.05, 0) is 37.3 Å². The van der Waals surface area contributed by atoms with Crippen LogP contribution in [0, 0.1) is 12.7 Å². The number of anilines is 1. The minimum atomic E-state index is -4.10. The number of carbonyl (C=O) groups excluding carboxylic acids is 1. The second kappa shape index (κ2) is 10.5. The first kappa shape index (κ1) is 24.2. The van der Waals surface area contributed by atoms with Crippen molar-refractivity contribution in [3.8, 4) is 11.5 Å². The minimum absolute atomic E-state index is 0.0104. The van der Waals surface area contributed by atoms with Crippen LogP contribution in [0.5, 0.6) is 11.5 Å². The predicted octanol–water partition coefficient (Wildman–Crippen LogP) is 3.98. The van der Waals surface area contributed by atoms with Gasteiger partial charge in [-0.25, -0.2) is 12.8 Å². The second-order valence-electron chi connectivity index (χ2n) is 7.29. The lowest BCUT2D eigenvalue weighted by molar-refractivity contribution is -0.116. The van der Waals surface area contributed by atoms with Gasteiger partial charge in [0.1, 0.15) is 17.3 Å². The molecule has 0 saturated heterocycles. The molecule has 33 heavy (non-hydrogen) atoms. The summed E-state index contributed by atoms with van der Waals surface area (Å²) in [6.07, 6.45) is 0. The highest BCUT2D eigenvalue weighted by molar-refractivity contribution is 7.89. The highest BCUT2D eigenvalue weighted by Crippen LogP contribution is 2.29. The van der Waals surface area contributed by atoms with E-state index in [0.717, 1.165) is 9.87 Å². The third kappa shape index (κ3) is 5.88. The average Bonchev–Trinajstić information content (AvgIpc) is 2.80. The smallest absolute Gasteiger partial charge is 0.243 e. The number of halogens is 1. The Bertz CT molecular complexity index is 1230. The number of aryl methyl sites for hydroxylation is 1. The zero-order valence-corrected chi connectivity index (χ0v) is 19.4. The largest absolute Gasteiger partial charge is 0.497 e. The van der Waals surface area contributed by atoms with E-state index < -0.39 is 28.3 Å². The van der Waals surface area contributed by atoms with E-state index in [9.17, 15) is 17.6 Å². The molecule has 9 heteroatoms. The van der Waals surface area contributed by atoms with Crippen LogP contribution in [0.2, 0.25) is 0 Å². The number of hydrogen-bond donors (Lipinski definition) is 1. The van der Waals surface area contributed by atoms with Crippen LogP contribution >= 0.6 is 0 Å². The van der Waals surface area contributed by atoms with E-state index in [1.807, 2.05) is 6.92 Å². The van der Waals surface area contributed by atoms with E-state index in [1.165, 1.54) is 44.6 Å². The first-order chi connectivity index (χ1) is 15.7. The summed E-state index contributed by atoms with van der Waals surface area (Å²) in [6, 6.07) is 16.9. The normalized spacial score (nSPS) is 11.3. The third-order valence-corrected chi connectivity index (χ3v) is 6.77. The molecule has 0 aromatic heterocycles. The fourth-order valence-corrected chi connectivity index (χ4v) is 4.54. The maximum atomic E-state index is 14.3. The van der Waals surface area contributed by atoms with E-state index >= 15 is 0 Å². The molecule has 0 aliphatic heterocycles. The number of benzene rings is 3. The van der Waals surface area contributed by atoms with Crippen molar-refractivity contribution < 1.29 is 27.1 Å². The highest BCUT2D eigenvalue weighted by Gasteiger charge is 2.28. The molecule has 0 spiro atoms. The van der Waals surface area contributed by atoms with Gasteiger partial charge < -0.3 is 14.8 Å². The summed E-state index contributed by atoms with van der Waals surface area (Å²) in [5.41, 5.74) is 1.36. The van der Waals surface area contributed by atoms with E-state index in [4.69, 9.17) is 9.47 Å². The lowest BCUT2D eigenvalue weighted by Crippen LogP contribution is -2.37. The van der Waals surface area contributed by atoms with Gasteiger partial charge in [-0.1, -0.05) is 35.9 Å². The van der Waals surface area contributed by atoms with Crippen molar-refractivity contribution in [1.82, 2.24) is 4.31 Å². The molecule has 3 aromatic rings. The van der Waals surface area contributed by atoms with Gasteiger partial charge in [0.15, 0.2) is 0 Å². The number of amides is 1. The molecular formula is C24H25FN2O5S. The van der Waals surface area contributed by atoms with E-state index in [0.29, 0.717) is 17.2 Å². The maximum absolute atomic E-state index is 14.3. The highest BCUT2D eigenvalue weighted by atomic mass is 32.2. The molecule has 0 aliphatic rings. The molecule has 0 atom stereocenters. The van der Waals surface area contributed by atoms with Gasteiger partial charge in [-0.2, -0.15) is 4.31 Å². The molecule has 0 heterocycles. The van der Waals surface area contributed by atoms with Crippen molar-refractivity contribution in [3.63, 3.8) is 0 Å². The molecule has 1 N–H and O–H groups in total. The molecule has 0 fully saturated rings. The lowest BCUT2D eigenvalue weighted by atomic mass is 10.2. The monoisotopic (exact) mass is 472 g/mol. The first-order valence-corrected chi connectivity index (χ1v) is 11.5. The van der Waals surface area contributed by atoms with Crippen LogP contribution in [0.1, 0.15) is 11.1 Å². The van der Waals surface area contributed by atoms with Gasteiger partial charge in [0.25, 0.3) is 0 Å². The number of ether oxygens (including phenoxy) is 2. The molecule has 3 aromatic carbocycles. The summed E-state index contributed by atoms with van der Waals surface area (Å²) in [5.74, 6) is -0.308. The fraction of sp³-hybridized carbons (Fsp3) is 0.208.